The highest BCUT2D eigenvalue weighted by Crippen LogP contribution is 2.36. The zero-order valence-electron chi connectivity index (χ0n) is 8.83. The van der Waals surface area contributed by atoms with Crippen molar-refractivity contribution in [2.45, 2.75) is 6.42 Å². The van der Waals surface area contributed by atoms with Gasteiger partial charge in [0.15, 0.2) is 17.3 Å². The quantitative estimate of drug-likeness (QED) is 0.751. The number of nitrogens with zero attached hydrogens (tertiary/aromatic N) is 2. The standard InChI is InChI=1S/C12H8FN3O/c13-9-3-1-2-8-11-7(4-5-17-12(8)9)10(6-14)15-16-11/h1-3H,4-5H2,(H,15,16). The number of nitriles is 1. The van der Waals surface area contributed by atoms with Crippen molar-refractivity contribution in [3.05, 3.63) is 35.3 Å². The van der Waals surface area contributed by atoms with Gasteiger partial charge in [0, 0.05) is 17.5 Å². The number of rotatable bonds is 0. The number of hydrogen-bond acceptors (Lipinski definition) is 3. The minimum atomic E-state index is -0.400. The molecule has 0 bridgehead atoms. The minimum absolute atomic E-state index is 0.222. The monoisotopic (exact) mass is 229 g/mol. The normalized spacial score (nSPS) is 12.9. The molecule has 4 nitrogen and oxygen atoms in total. The third-order valence-electron chi connectivity index (χ3n) is 2.81. The molecule has 0 saturated carbocycles. The fourth-order valence-corrected chi connectivity index (χ4v) is 2.03. The Morgan fingerprint density at radius 2 is 2.35 bits per heavy atom. The topological polar surface area (TPSA) is 61.7 Å². The molecule has 0 radical (unpaired) electrons. The van der Waals surface area contributed by atoms with Crippen LogP contribution in [0.1, 0.15) is 11.3 Å². The molecular formula is C12H8FN3O. The van der Waals surface area contributed by atoms with Crippen molar-refractivity contribution in [3.8, 4) is 23.1 Å². The zero-order valence-corrected chi connectivity index (χ0v) is 8.83. The van der Waals surface area contributed by atoms with E-state index in [1.54, 1.807) is 12.1 Å². The highest BCUT2D eigenvalue weighted by molar-refractivity contribution is 5.72. The SMILES string of the molecule is N#Cc1n[nH]c2c1CCOc1c(F)cccc1-2. The molecule has 0 aliphatic carbocycles. The lowest BCUT2D eigenvalue weighted by Gasteiger charge is -2.07. The van der Waals surface area contributed by atoms with E-state index in [0.717, 1.165) is 5.56 Å². The van der Waals surface area contributed by atoms with Crippen LogP contribution < -0.4 is 4.74 Å². The van der Waals surface area contributed by atoms with Crippen LogP contribution in [0.3, 0.4) is 0 Å². The van der Waals surface area contributed by atoms with Crippen LogP contribution in [-0.2, 0) is 6.42 Å². The van der Waals surface area contributed by atoms with Crippen molar-refractivity contribution < 1.29 is 9.13 Å². The second kappa shape index (κ2) is 3.59. The highest BCUT2D eigenvalue weighted by atomic mass is 19.1. The van der Waals surface area contributed by atoms with E-state index in [2.05, 4.69) is 10.2 Å². The third-order valence-corrected chi connectivity index (χ3v) is 2.81. The van der Waals surface area contributed by atoms with E-state index in [0.29, 0.717) is 30.0 Å². The molecule has 0 amide bonds. The maximum atomic E-state index is 13.6. The van der Waals surface area contributed by atoms with Crippen LogP contribution in [-0.4, -0.2) is 16.8 Å². The Morgan fingerprint density at radius 1 is 1.47 bits per heavy atom. The number of halogens is 1. The van der Waals surface area contributed by atoms with Gasteiger partial charge in [-0.2, -0.15) is 10.4 Å². The van der Waals surface area contributed by atoms with Gasteiger partial charge in [-0.25, -0.2) is 4.39 Å². The molecule has 1 aliphatic heterocycles. The summed E-state index contributed by atoms with van der Waals surface area (Å²) in [6.45, 7) is 0.342. The number of aromatic nitrogens is 2. The molecule has 0 atom stereocenters. The van der Waals surface area contributed by atoms with Crippen LogP contribution >= 0.6 is 0 Å². The van der Waals surface area contributed by atoms with Crippen molar-refractivity contribution >= 4 is 0 Å². The first-order valence-electron chi connectivity index (χ1n) is 5.20. The van der Waals surface area contributed by atoms with Crippen molar-refractivity contribution in [2.75, 3.05) is 6.61 Å². The molecule has 2 heterocycles. The molecular weight excluding hydrogens is 221 g/mol. The van der Waals surface area contributed by atoms with Crippen molar-refractivity contribution in [2.24, 2.45) is 0 Å². The minimum Gasteiger partial charge on any atom is -0.489 e. The maximum Gasteiger partial charge on any atom is 0.166 e. The fourth-order valence-electron chi connectivity index (χ4n) is 2.03. The largest absolute Gasteiger partial charge is 0.489 e. The van der Waals surface area contributed by atoms with Gasteiger partial charge >= 0.3 is 0 Å². The molecule has 0 unspecified atom stereocenters. The predicted octanol–water partition coefficient (Wildman–Crippen LogP) is 2.02. The van der Waals surface area contributed by atoms with Gasteiger partial charge in [-0.05, 0) is 12.1 Å². The first-order chi connectivity index (χ1) is 8.31. The van der Waals surface area contributed by atoms with Crippen LogP contribution in [0, 0.1) is 17.1 Å². The Hall–Kier alpha value is -2.35. The first-order valence-corrected chi connectivity index (χ1v) is 5.20. The summed E-state index contributed by atoms with van der Waals surface area (Å²) in [5, 5.41) is 15.6. The first kappa shape index (κ1) is 9.85. The number of ether oxygens (including phenoxy) is 1. The average molecular weight is 229 g/mol. The van der Waals surface area contributed by atoms with Crippen molar-refractivity contribution in [1.82, 2.24) is 10.2 Å². The van der Waals surface area contributed by atoms with E-state index in [1.807, 2.05) is 6.07 Å². The molecule has 0 spiro atoms. The van der Waals surface area contributed by atoms with Gasteiger partial charge in [-0.15, -0.1) is 0 Å². The number of nitrogens with one attached hydrogen (secondary N) is 1. The Balaban J connectivity index is 2.29. The number of aromatic amines is 1. The molecule has 1 aromatic heterocycles. The van der Waals surface area contributed by atoms with E-state index in [-0.39, 0.29) is 5.75 Å². The van der Waals surface area contributed by atoms with Gasteiger partial charge in [0.2, 0.25) is 0 Å². The summed E-state index contributed by atoms with van der Waals surface area (Å²) in [4.78, 5) is 0. The van der Waals surface area contributed by atoms with E-state index in [9.17, 15) is 4.39 Å². The highest BCUT2D eigenvalue weighted by Gasteiger charge is 2.22. The fraction of sp³-hybridized carbons (Fsp3) is 0.167. The lowest BCUT2D eigenvalue weighted by Crippen LogP contribution is -2.01. The molecule has 84 valence electrons. The lowest BCUT2D eigenvalue weighted by atomic mass is 10.0. The lowest BCUT2D eigenvalue weighted by molar-refractivity contribution is 0.309. The van der Waals surface area contributed by atoms with E-state index in [1.165, 1.54) is 6.07 Å². The number of benzene rings is 1. The van der Waals surface area contributed by atoms with E-state index in [4.69, 9.17) is 10.00 Å². The molecule has 1 aliphatic rings. The average Bonchev–Trinajstić information content (AvgIpc) is 2.65. The van der Waals surface area contributed by atoms with Gasteiger partial charge in [-0.3, -0.25) is 5.10 Å². The molecule has 17 heavy (non-hydrogen) atoms. The summed E-state index contributed by atoms with van der Waals surface area (Å²) in [6.07, 6.45) is 0.544. The molecule has 1 N–H and O–H groups in total. The van der Waals surface area contributed by atoms with Crippen LogP contribution in [0.15, 0.2) is 18.2 Å². The Kier molecular flexibility index (Phi) is 2.08. The smallest absolute Gasteiger partial charge is 0.166 e. The summed E-state index contributed by atoms with van der Waals surface area (Å²) in [6, 6.07) is 6.73. The number of H-pyrrole nitrogens is 1. The maximum absolute atomic E-state index is 13.6. The second-order valence-electron chi connectivity index (χ2n) is 3.75. The summed E-state index contributed by atoms with van der Waals surface area (Å²) >= 11 is 0. The van der Waals surface area contributed by atoms with Crippen LogP contribution in [0.4, 0.5) is 4.39 Å². The molecule has 0 fully saturated rings. The second-order valence-corrected chi connectivity index (χ2v) is 3.75. The molecule has 0 saturated heterocycles. The molecule has 5 heteroatoms. The van der Waals surface area contributed by atoms with Crippen LogP contribution in [0.25, 0.3) is 11.3 Å². The van der Waals surface area contributed by atoms with Gasteiger partial charge in [0.05, 0.1) is 12.3 Å². The zero-order chi connectivity index (χ0) is 11.8. The molecule has 1 aromatic carbocycles. The molecule has 2 aromatic rings. The molecule has 3 rings (SSSR count). The Bertz CT molecular complexity index is 627. The van der Waals surface area contributed by atoms with Gasteiger partial charge in [-0.1, -0.05) is 6.07 Å². The number of para-hydroxylation sites is 1. The summed E-state index contributed by atoms with van der Waals surface area (Å²) < 4.78 is 19.0. The van der Waals surface area contributed by atoms with Crippen molar-refractivity contribution in [3.63, 3.8) is 0 Å². The van der Waals surface area contributed by atoms with Gasteiger partial charge < -0.3 is 4.74 Å². The van der Waals surface area contributed by atoms with Gasteiger partial charge in [0.25, 0.3) is 0 Å². The number of hydrogen-bond donors (Lipinski definition) is 1. The van der Waals surface area contributed by atoms with Crippen molar-refractivity contribution in [1.29, 1.82) is 5.26 Å². The summed E-state index contributed by atoms with van der Waals surface area (Å²) in [5.41, 5.74) is 2.43. The van der Waals surface area contributed by atoms with Gasteiger partial charge in [0.1, 0.15) is 6.07 Å². The Labute approximate surface area is 96.6 Å². The van der Waals surface area contributed by atoms with E-state index < -0.39 is 5.82 Å². The third kappa shape index (κ3) is 1.38. The Morgan fingerprint density at radius 3 is 3.18 bits per heavy atom. The van der Waals surface area contributed by atoms with Crippen LogP contribution in [0.2, 0.25) is 0 Å². The predicted molar refractivity (Wildman–Crippen MR) is 57.9 cm³/mol. The number of fused-ring (bicyclic) bond motifs is 3. The van der Waals surface area contributed by atoms with E-state index >= 15 is 0 Å². The van der Waals surface area contributed by atoms with Crippen LogP contribution in [0.5, 0.6) is 5.75 Å². The summed E-state index contributed by atoms with van der Waals surface area (Å²) in [5.74, 6) is -0.178. The summed E-state index contributed by atoms with van der Waals surface area (Å²) in [7, 11) is 0.